The van der Waals surface area contributed by atoms with Gasteiger partial charge in [-0.05, 0) is 82.9 Å². The third kappa shape index (κ3) is 6.40. The summed E-state index contributed by atoms with van der Waals surface area (Å²) < 4.78 is 0. The summed E-state index contributed by atoms with van der Waals surface area (Å²) in [6.45, 7) is 28.7. The summed E-state index contributed by atoms with van der Waals surface area (Å²) in [5.74, 6) is 1.59. The molecule has 32 heavy (non-hydrogen) atoms. The topological polar surface area (TPSA) is 24.1 Å². The van der Waals surface area contributed by atoms with Gasteiger partial charge in [0.25, 0.3) is 0 Å². The third-order valence-electron chi connectivity index (χ3n) is 7.08. The van der Waals surface area contributed by atoms with Gasteiger partial charge in [0.2, 0.25) is 0 Å². The average molecular weight is 435 g/mol. The first-order valence-corrected chi connectivity index (χ1v) is 12.2. The zero-order valence-corrected chi connectivity index (χ0v) is 22.0. The van der Waals surface area contributed by atoms with Crippen LogP contribution in [0.25, 0.3) is 5.57 Å². The minimum Gasteiger partial charge on any atom is -0.382 e. The van der Waals surface area contributed by atoms with Gasteiger partial charge in [0.15, 0.2) is 0 Å². The van der Waals surface area contributed by atoms with E-state index in [-0.39, 0.29) is 6.04 Å². The van der Waals surface area contributed by atoms with Crippen LogP contribution in [0.3, 0.4) is 0 Å². The highest BCUT2D eigenvalue weighted by atomic mass is 14.9. The van der Waals surface area contributed by atoms with Gasteiger partial charge in [0, 0.05) is 29.4 Å². The Balaban J connectivity index is 2.21. The van der Waals surface area contributed by atoms with E-state index in [1.807, 2.05) is 0 Å². The summed E-state index contributed by atoms with van der Waals surface area (Å²) in [5, 5.41) is 7.36. The Morgan fingerprint density at radius 2 is 1.53 bits per heavy atom. The molecule has 2 N–H and O–H groups in total. The molecule has 2 heteroatoms. The van der Waals surface area contributed by atoms with Crippen LogP contribution in [0.1, 0.15) is 92.3 Å². The summed E-state index contributed by atoms with van der Waals surface area (Å²) >= 11 is 0. The third-order valence-corrected chi connectivity index (χ3v) is 7.08. The standard InChI is InChI=1S/C30H46N2/c1-18(2)22(8)26-12-14-27(15-13-26)24(10)32-25(11)29-17-21(7)16-28(29)23(9)30(19(3)4)31-20(5)6/h12-15,19,21,24,29-32H,5,11,16-17H2,1-4,6-10H3/b28-23+. The average Bonchev–Trinajstić information content (AvgIpc) is 3.12. The van der Waals surface area contributed by atoms with Gasteiger partial charge in [-0.2, -0.15) is 0 Å². The van der Waals surface area contributed by atoms with E-state index in [9.17, 15) is 0 Å². The lowest BCUT2D eigenvalue weighted by Gasteiger charge is -2.29. The Bertz CT molecular complexity index is 878. The lowest BCUT2D eigenvalue weighted by molar-refractivity contribution is 0.473. The molecular weight excluding hydrogens is 388 g/mol. The maximum absolute atomic E-state index is 4.51. The Morgan fingerprint density at radius 3 is 2.03 bits per heavy atom. The van der Waals surface area contributed by atoms with Crippen LogP contribution in [0.2, 0.25) is 0 Å². The highest BCUT2D eigenvalue weighted by molar-refractivity contribution is 5.66. The largest absolute Gasteiger partial charge is 0.382 e. The number of allylic oxidation sites excluding steroid dienone is 4. The van der Waals surface area contributed by atoms with Crippen LogP contribution in [0, 0.1) is 17.8 Å². The van der Waals surface area contributed by atoms with Gasteiger partial charge in [0.1, 0.15) is 0 Å². The minimum absolute atomic E-state index is 0.232. The maximum Gasteiger partial charge on any atom is 0.0493 e. The first-order chi connectivity index (χ1) is 14.9. The quantitative estimate of drug-likeness (QED) is 0.383. The number of rotatable bonds is 9. The van der Waals surface area contributed by atoms with Crippen LogP contribution < -0.4 is 10.6 Å². The molecule has 2 nitrogen and oxygen atoms in total. The molecule has 1 saturated carbocycles. The summed E-state index contributed by atoms with van der Waals surface area (Å²) in [6.07, 6.45) is 2.32. The number of hydrogen-bond acceptors (Lipinski definition) is 2. The lowest BCUT2D eigenvalue weighted by atomic mass is 9.87. The van der Waals surface area contributed by atoms with Crippen molar-refractivity contribution < 1.29 is 0 Å². The molecule has 1 aromatic carbocycles. The zero-order chi connectivity index (χ0) is 24.2. The van der Waals surface area contributed by atoms with Crippen LogP contribution in [0.5, 0.6) is 0 Å². The van der Waals surface area contributed by atoms with Gasteiger partial charge in [-0.1, -0.05) is 74.9 Å². The molecule has 0 aromatic heterocycles. The predicted octanol–water partition coefficient (Wildman–Crippen LogP) is 8.17. The number of benzene rings is 1. The SMILES string of the molecule is C=C(C)NC(/C(C)=C1\CC(C)CC1C(=C)NC(C)c1ccc(C(C)=C(C)C)cc1)C(C)C. The normalized spacial score (nSPS) is 21.7. The molecule has 1 aromatic rings. The first-order valence-electron chi connectivity index (χ1n) is 12.2. The smallest absolute Gasteiger partial charge is 0.0493 e. The fraction of sp³-hybridized carbons (Fsp3) is 0.533. The van der Waals surface area contributed by atoms with Gasteiger partial charge in [0.05, 0.1) is 0 Å². The van der Waals surface area contributed by atoms with Crippen LogP contribution in [-0.2, 0) is 0 Å². The van der Waals surface area contributed by atoms with Crippen molar-refractivity contribution in [2.45, 2.75) is 87.2 Å². The van der Waals surface area contributed by atoms with Gasteiger partial charge < -0.3 is 10.6 Å². The van der Waals surface area contributed by atoms with Crippen molar-refractivity contribution in [3.8, 4) is 0 Å². The highest BCUT2D eigenvalue weighted by Crippen LogP contribution is 2.42. The van der Waals surface area contributed by atoms with Crippen LogP contribution >= 0.6 is 0 Å². The molecule has 1 fully saturated rings. The molecular formula is C30H46N2. The monoisotopic (exact) mass is 434 g/mol. The molecule has 0 amide bonds. The van der Waals surface area contributed by atoms with E-state index >= 15 is 0 Å². The molecule has 0 bridgehead atoms. The summed E-state index contributed by atoms with van der Waals surface area (Å²) in [6, 6.07) is 9.53. The molecule has 1 aliphatic carbocycles. The molecule has 0 radical (unpaired) electrons. The van der Waals surface area contributed by atoms with E-state index in [2.05, 4.69) is 110 Å². The molecule has 0 spiro atoms. The Kier molecular flexibility index (Phi) is 9.01. The Morgan fingerprint density at radius 1 is 0.938 bits per heavy atom. The van der Waals surface area contributed by atoms with E-state index < -0.39 is 0 Å². The van der Waals surface area contributed by atoms with Crippen LogP contribution in [-0.4, -0.2) is 6.04 Å². The van der Waals surface area contributed by atoms with E-state index in [0.29, 0.717) is 23.8 Å². The van der Waals surface area contributed by atoms with E-state index in [1.54, 1.807) is 5.57 Å². The maximum atomic E-state index is 4.51. The fourth-order valence-electron chi connectivity index (χ4n) is 4.95. The Hall–Kier alpha value is -2.22. The highest BCUT2D eigenvalue weighted by Gasteiger charge is 2.32. The molecule has 1 aliphatic rings. The minimum atomic E-state index is 0.232. The number of hydrogen-bond donors (Lipinski definition) is 2. The molecule has 2 rings (SSSR count). The second-order valence-electron chi connectivity index (χ2n) is 10.6. The summed E-state index contributed by atoms with van der Waals surface area (Å²) in [5.41, 5.74) is 10.5. The second-order valence-corrected chi connectivity index (χ2v) is 10.6. The van der Waals surface area contributed by atoms with Crippen molar-refractivity contribution in [2.75, 3.05) is 0 Å². The van der Waals surface area contributed by atoms with Gasteiger partial charge in [-0.15, -0.1) is 0 Å². The summed E-state index contributed by atoms with van der Waals surface area (Å²) in [4.78, 5) is 0. The first kappa shape index (κ1) is 26.0. The van der Waals surface area contributed by atoms with Crippen molar-refractivity contribution in [1.82, 2.24) is 10.6 Å². The van der Waals surface area contributed by atoms with Crippen molar-refractivity contribution in [1.29, 1.82) is 0 Å². The van der Waals surface area contributed by atoms with Gasteiger partial charge in [-0.3, -0.25) is 0 Å². The van der Waals surface area contributed by atoms with Gasteiger partial charge in [-0.25, -0.2) is 0 Å². The molecule has 176 valence electrons. The molecule has 4 unspecified atom stereocenters. The zero-order valence-electron chi connectivity index (χ0n) is 22.0. The van der Waals surface area contributed by atoms with Crippen molar-refractivity contribution in [3.63, 3.8) is 0 Å². The van der Waals surface area contributed by atoms with Crippen LogP contribution in [0.15, 0.2) is 65.5 Å². The van der Waals surface area contributed by atoms with Crippen molar-refractivity contribution >= 4 is 5.57 Å². The lowest BCUT2D eigenvalue weighted by Crippen LogP contribution is -2.34. The Labute approximate surface area is 198 Å². The predicted molar refractivity (Wildman–Crippen MR) is 142 cm³/mol. The van der Waals surface area contributed by atoms with Crippen LogP contribution in [0.4, 0.5) is 0 Å². The van der Waals surface area contributed by atoms with E-state index in [4.69, 9.17) is 0 Å². The molecule has 0 aliphatic heterocycles. The van der Waals surface area contributed by atoms with Gasteiger partial charge >= 0.3 is 0 Å². The molecule has 0 heterocycles. The van der Waals surface area contributed by atoms with Crippen molar-refractivity contribution in [3.05, 3.63) is 76.7 Å². The van der Waals surface area contributed by atoms with Crippen molar-refractivity contribution in [2.24, 2.45) is 17.8 Å². The second kappa shape index (κ2) is 11.1. The molecule has 4 atom stereocenters. The summed E-state index contributed by atoms with van der Waals surface area (Å²) in [7, 11) is 0. The fourth-order valence-corrected chi connectivity index (χ4v) is 4.95. The van der Waals surface area contributed by atoms with E-state index in [0.717, 1.165) is 17.8 Å². The number of nitrogens with one attached hydrogen (secondary N) is 2. The molecule has 0 saturated heterocycles. The van der Waals surface area contributed by atoms with E-state index in [1.165, 1.54) is 34.3 Å².